The van der Waals surface area contributed by atoms with Gasteiger partial charge in [-0.15, -0.1) is 0 Å². The van der Waals surface area contributed by atoms with Crippen molar-refractivity contribution in [2.45, 2.75) is 70.3 Å². The van der Waals surface area contributed by atoms with E-state index in [-0.39, 0.29) is 53.0 Å². The van der Waals surface area contributed by atoms with Crippen molar-refractivity contribution in [1.29, 1.82) is 0 Å². The molecular weight excluding hydrogens is 590 g/mol. The van der Waals surface area contributed by atoms with Gasteiger partial charge in [-0.05, 0) is 81.7 Å². The molecule has 2 heterocycles. The van der Waals surface area contributed by atoms with Crippen molar-refractivity contribution in [3.8, 4) is 5.75 Å². The van der Waals surface area contributed by atoms with Gasteiger partial charge < -0.3 is 19.6 Å². The fraction of sp³-hybridized carbons (Fsp3) is 0.548. The van der Waals surface area contributed by atoms with E-state index in [1.165, 1.54) is 18.2 Å². The summed E-state index contributed by atoms with van der Waals surface area (Å²) < 4.78 is 60.3. The summed E-state index contributed by atoms with van der Waals surface area (Å²) in [6.45, 7) is 4.07. The van der Waals surface area contributed by atoms with Gasteiger partial charge in [-0.3, -0.25) is 9.69 Å². The van der Waals surface area contributed by atoms with Crippen LogP contribution < -0.4 is 9.64 Å². The smallest absolute Gasteiger partial charge is 0.420 e. The number of alkyl halides is 3. The molecule has 232 valence electrons. The quantitative estimate of drug-likeness (QED) is 0.388. The van der Waals surface area contributed by atoms with Crippen molar-refractivity contribution >= 4 is 29.2 Å². The van der Waals surface area contributed by atoms with Crippen LogP contribution in [-0.2, 0) is 17.5 Å². The van der Waals surface area contributed by atoms with E-state index in [0.29, 0.717) is 31.1 Å². The Kier molecular flexibility index (Phi) is 7.77. The molecule has 6 rings (SSSR count). The molecule has 0 spiro atoms. The van der Waals surface area contributed by atoms with Crippen LogP contribution in [0.3, 0.4) is 0 Å². The van der Waals surface area contributed by atoms with E-state index in [1.54, 1.807) is 11.0 Å². The van der Waals surface area contributed by atoms with E-state index < -0.39 is 28.9 Å². The topological polar surface area (TPSA) is 73.3 Å². The number of anilines is 1. The molecule has 2 saturated carbocycles. The number of hydrogen-bond acceptors (Lipinski definition) is 5. The average molecular weight is 624 g/mol. The maximum absolute atomic E-state index is 14.1. The third-order valence-electron chi connectivity index (χ3n) is 9.77. The molecule has 43 heavy (non-hydrogen) atoms. The highest BCUT2D eigenvalue weighted by Crippen LogP contribution is 2.55. The second kappa shape index (κ2) is 11.1. The Morgan fingerprint density at radius 1 is 1.07 bits per heavy atom. The van der Waals surface area contributed by atoms with Crippen LogP contribution in [0, 0.1) is 17.2 Å². The molecule has 2 aromatic rings. The summed E-state index contributed by atoms with van der Waals surface area (Å²) in [7, 11) is 0. The molecule has 1 unspecified atom stereocenters. The fourth-order valence-electron chi connectivity index (χ4n) is 7.46. The van der Waals surface area contributed by atoms with Gasteiger partial charge in [0.2, 0.25) is 5.91 Å². The Morgan fingerprint density at radius 3 is 2.42 bits per heavy atom. The third kappa shape index (κ3) is 5.66. The number of piperazine rings is 1. The van der Waals surface area contributed by atoms with Crippen LogP contribution in [0.4, 0.5) is 23.2 Å². The monoisotopic (exact) mass is 623 g/mol. The number of halogens is 5. The molecule has 2 aliphatic heterocycles. The molecule has 0 radical (unpaired) electrons. The highest BCUT2D eigenvalue weighted by molar-refractivity contribution is 6.30. The van der Waals surface area contributed by atoms with Gasteiger partial charge in [0, 0.05) is 48.0 Å². The summed E-state index contributed by atoms with van der Waals surface area (Å²) in [5.74, 6) is -2.08. The fourth-order valence-corrected chi connectivity index (χ4v) is 7.70. The second-order valence-corrected chi connectivity index (χ2v) is 12.8. The molecule has 1 amide bonds. The number of ether oxygens (including phenoxy) is 1. The summed E-state index contributed by atoms with van der Waals surface area (Å²) in [6, 6.07) is 6.88. The van der Waals surface area contributed by atoms with Crippen molar-refractivity contribution in [3.63, 3.8) is 0 Å². The molecule has 12 heteroatoms. The zero-order valence-corrected chi connectivity index (χ0v) is 24.6. The van der Waals surface area contributed by atoms with Crippen LogP contribution in [0.1, 0.15) is 66.9 Å². The summed E-state index contributed by atoms with van der Waals surface area (Å²) in [4.78, 5) is 31.6. The number of carboxylic acids is 1. The van der Waals surface area contributed by atoms with E-state index in [2.05, 4.69) is 16.7 Å². The van der Waals surface area contributed by atoms with Gasteiger partial charge in [-0.25, -0.2) is 9.18 Å². The predicted molar refractivity (Wildman–Crippen MR) is 152 cm³/mol. The number of amides is 1. The van der Waals surface area contributed by atoms with E-state index in [4.69, 9.17) is 16.3 Å². The molecule has 1 saturated heterocycles. The number of rotatable bonds is 5. The van der Waals surface area contributed by atoms with Gasteiger partial charge in [0.15, 0.2) is 6.73 Å². The first kappa shape index (κ1) is 30.0. The first-order valence-corrected chi connectivity index (χ1v) is 15.1. The number of hydrogen-bond donors (Lipinski definition) is 1. The maximum Gasteiger partial charge on any atom is 0.420 e. The average Bonchev–Trinajstić information content (AvgIpc) is 3.82. The Balaban J connectivity index is 1.12. The summed E-state index contributed by atoms with van der Waals surface area (Å²) in [5, 5.41) is 9.28. The second-order valence-electron chi connectivity index (χ2n) is 12.4. The number of aromatic carboxylic acids is 1. The lowest BCUT2D eigenvalue weighted by Gasteiger charge is -2.49. The molecule has 2 aliphatic carbocycles. The number of carbonyl (C=O) groups excluding carboxylic acids is 1. The van der Waals surface area contributed by atoms with Crippen LogP contribution in [-0.4, -0.2) is 65.2 Å². The summed E-state index contributed by atoms with van der Waals surface area (Å²) in [6.07, 6.45) is 0.423. The summed E-state index contributed by atoms with van der Waals surface area (Å²) in [5.41, 5.74) is -0.857. The van der Waals surface area contributed by atoms with E-state index >= 15 is 0 Å². The number of carboxylic acid groups (broad SMARTS) is 1. The molecule has 0 aromatic heterocycles. The first-order valence-electron chi connectivity index (χ1n) is 14.7. The largest absolute Gasteiger partial charge is 0.478 e. The summed E-state index contributed by atoms with van der Waals surface area (Å²) >= 11 is 6.02. The van der Waals surface area contributed by atoms with Crippen molar-refractivity contribution in [1.82, 2.24) is 9.80 Å². The molecule has 2 aromatic carbocycles. The number of fused-ring (bicyclic) bond motifs is 1. The van der Waals surface area contributed by atoms with Crippen LogP contribution in [0.15, 0.2) is 30.3 Å². The molecule has 1 N–H and O–H groups in total. The van der Waals surface area contributed by atoms with Crippen LogP contribution >= 0.6 is 11.6 Å². The van der Waals surface area contributed by atoms with Crippen molar-refractivity contribution in [3.05, 3.63) is 57.9 Å². The van der Waals surface area contributed by atoms with Crippen LogP contribution in [0.2, 0.25) is 5.02 Å². The Hall–Kier alpha value is -3.05. The molecule has 7 nitrogen and oxygen atoms in total. The lowest BCUT2D eigenvalue weighted by molar-refractivity contribution is -0.153. The first-order chi connectivity index (χ1) is 20.4. The van der Waals surface area contributed by atoms with Crippen molar-refractivity contribution in [2.75, 3.05) is 31.3 Å². The number of nitrogens with zero attached hydrogens (tertiary/aromatic N) is 3. The molecular formula is C31H34ClF4N3O4. The molecule has 1 atom stereocenters. The molecule has 3 fully saturated rings. The van der Waals surface area contributed by atoms with Gasteiger partial charge in [-0.2, -0.15) is 13.2 Å². The highest BCUT2D eigenvalue weighted by Gasteiger charge is 2.54. The van der Waals surface area contributed by atoms with Crippen LogP contribution in [0.25, 0.3) is 0 Å². The SMILES string of the molecule is CC1CN(C2CCC(C(=O)N3COc4c(cc(Cl)cc4C(F)(F)F)C3)(C3CC3)CC2)CCN1c1ccc(F)c(C(=O)O)c1. The van der Waals surface area contributed by atoms with E-state index in [1.807, 2.05) is 0 Å². The van der Waals surface area contributed by atoms with Gasteiger partial charge >= 0.3 is 12.1 Å². The van der Waals surface area contributed by atoms with Gasteiger partial charge in [-0.1, -0.05) is 11.6 Å². The van der Waals surface area contributed by atoms with Crippen LogP contribution in [0.5, 0.6) is 5.75 Å². The Morgan fingerprint density at radius 2 is 1.79 bits per heavy atom. The minimum absolute atomic E-state index is 0.0299. The number of carbonyl (C=O) groups is 2. The van der Waals surface area contributed by atoms with Gasteiger partial charge in [0.25, 0.3) is 0 Å². The maximum atomic E-state index is 14.1. The van der Waals surface area contributed by atoms with Gasteiger partial charge in [0.1, 0.15) is 11.6 Å². The lowest BCUT2D eigenvalue weighted by Crippen LogP contribution is -2.57. The lowest BCUT2D eigenvalue weighted by atomic mass is 9.67. The predicted octanol–water partition coefficient (Wildman–Crippen LogP) is 6.42. The van der Waals surface area contributed by atoms with Crippen molar-refractivity contribution in [2.24, 2.45) is 11.3 Å². The zero-order valence-electron chi connectivity index (χ0n) is 23.8. The molecule has 4 aliphatic rings. The standard InChI is InChI=1S/C31H34ClF4N3O4/c1-18-15-37(10-11-39(18)23-4-5-26(33)24(14-23)28(40)41)22-6-8-30(9-7-22,20-2-3-20)29(42)38-16-19-12-21(32)13-25(31(34,35)36)27(19)43-17-38/h4-5,12-14,18,20,22H,2-3,6-11,15-17H2,1H3,(H,40,41). The minimum Gasteiger partial charge on any atom is -0.478 e. The normalized spacial score (nSPS) is 26.6. The minimum atomic E-state index is -4.61. The van der Waals surface area contributed by atoms with E-state index in [9.17, 15) is 32.3 Å². The third-order valence-corrected chi connectivity index (χ3v) is 9.99. The number of benzene rings is 2. The Labute approximate surface area is 252 Å². The van der Waals surface area contributed by atoms with Gasteiger partial charge in [0.05, 0.1) is 23.1 Å². The zero-order chi connectivity index (χ0) is 30.7. The van der Waals surface area contributed by atoms with Crippen molar-refractivity contribution < 1.29 is 37.0 Å². The highest BCUT2D eigenvalue weighted by atomic mass is 35.5. The Bertz CT molecular complexity index is 1420. The molecule has 0 bridgehead atoms. The van der Waals surface area contributed by atoms with E-state index in [0.717, 1.165) is 44.8 Å².